The largest absolute Gasteiger partial charge is 0.307 e. The van der Waals surface area contributed by atoms with Crippen molar-refractivity contribution < 1.29 is 21.6 Å². The number of halogens is 3. The van der Waals surface area contributed by atoms with Gasteiger partial charge in [-0.15, -0.1) is 0 Å². The lowest BCUT2D eigenvalue weighted by Gasteiger charge is -2.11. The van der Waals surface area contributed by atoms with E-state index in [2.05, 4.69) is 10.4 Å². The number of hydrogen-bond donors (Lipinski definition) is 3. The molecular weight excluding hydrogens is 309 g/mol. The van der Waals surface area contributed by atoms with Gasteiger partial charge in [-0.25, -0.2) is 32.4 Å². The van der Waals surface area contributed by atoms with Gasteiger partial charge in [-0.2, -0.15) is 0 Å². The summed E-state index contributed by atoms with van der Waals surface area (Å²) >= 11 is 0. The molecule has 1 aromatic heterocycles. The summed E-state index contributed by atoms with van der Waals surface area (Å²) in [4.78, 5) is 3.26. The van der Waals surface area contributed by atoms with Gasteiger partial charge in [0, 0.05) is 18.3 Å². The molecule has 0 saturated heterocycles. The summed E-state index contributed by atoms with van der Waals surface area (Å²) < 4.78 is 65.5. The molecule has 0 fully saturated rings. The van der Waals surface area contributed by atoms with Crippen LogP contribution in [-0.2, 0) is 10.0 Å². The molecule has 1 aromatic carbocycles. The minimum Gasteiger partial charge on any atom is -0.307 e. The smallest absolute Gasteiger partial charge is 0.265 e. The number of nitrogens with one attached hydrogen (secondary N) is 2. The fourth-order valence-electron chi connectivity index (χ4n) is 1.55. The van der Waals surface area contributed by atoms with E-state index in [1.807, 2.05) is 0 Å². The van der Waals surface area contributed by atoms with Gasteiger partial charge in [0.25, 0.3) is 10.0 Å². The quantitative estimate of drug-likeness (QED) is 0.452. The topological polar surface area (TPSA) is 97.1 Å². The third-order valence-corrected chi connectivity index (χ3v) is 3.83. The molecule has 2 rings (SSSR count). The van der Waals surface area contributed by atoms with Crippen LogP contribution < -0.4 is 16.0 Å². The van der Waals surface area contributed by atoms with Crippen LogP contribution in [0, 0.1) is 17.5 Å². The van der Waals surface area contributed by atoms with Crippen LogP contribution in [0.15, 0.2) is 35.4 Å². The van der Waals surface area contributed by atoms with E-state index in [-0.39, 0.29) is 5.82 Å². The maximum absolute atomic E-state index is 13.5. The predicted octanol–water partition coefficient (Wildman–Crippen LogP) is 1.59. The first-order valence-electron chi connectivity index (χ1n) is 5.44. The van der Waals surface area contributed by atoms with Gasteiger partial charge in [0.1, 0.15) is 10.7 Å². The van der Waals surface area contributed by atoms with Crippen molar-refractivity contribution in [3.05, 3.63) is 47.9 Å². The molecule has 2 aromatic rings. The van der Waals surface area contributed by atoms with Gasteiger partial charge >= 0.3 is 0 Å². The zero-order chi connectivity index (χ0) is 15.6. The third-order valence-electron chi connectivity index (χ3n) is 2.43. The average Bonchev–Trinajstić information content (AvgIpc) is 2.44. The number of pyridine rings is 1. The number of rotatable bonds is 4. The Labute approximate surface area is 117 Å². The first-order valence-corrected chi connectivity index (χ1v) is 6.92. The Morgan fingerprint density at radius 3 is 2.57 bits per heavy atom. The number of nitrogens with two attached hydrogens (primary N) is 1. The van der Waals surface area contributed by atoms with Crippen molar-refractivity contribution in [3.8, 4) is 0 Å². The Bertz CT molecular complexity index is 783. The Morgan fingerprint density at radius 1 is 1.19 bits per heavy atom. The first kappa shape index (κ1) is 15.1. The summed E-state index contributed by atoms with van der Waals surface area (Å²) in [5.74, 6) is 0.745. The van der Waals surface area contributed by atoms with Crippen LogP contribution >= 0.6 is 0 Å². The number of aromatic nitrogens is 1. The van der Waals surface area contributed by atoms with Crippen molar-refractivity contribution >= 4 is 21.5 Å². The van der Waals surface area contributed by atoms with E-state index in [1.54, 1.807) is 4.72 Å². The van der Waals surface area contributed by atoms with Gasteiger partial charge in [0.2, 0.25) is 0 Å². The van der Waals surface area contributed by atoms with E-state index in [9.17, 15) is 21.6 Å². The van der Waals surface area contributed by atoms with E-state index in [0.717, 1.165) is 6.07 Å². The minimum absolute atomic E-state index is 0.206. The highest BCUT2D eigenvalue weighted by Gasteiger charge is 2.22. The molecule has 0 radical (unpaired) electrons. The molecule has 0 unspecified atom stereocenters. The van der Waals surface area contributed by atoms with Crippen LogP contribution in [0.1, 0.15) is 0 Å². The molecular formula is C11H9F3N4O2S. The van der Waals surface area contributed by atoms with E-state index >= 15 is 0 Å². The molecule has 0 aliphatic carbocycles. The van der Waals surface area contributed by atoms with Crippen LogP contribution in [0.4, 0.5) is 24.7 Å². The predicted molar refractivity (Wildman–Crippen MR) is 69.2 cm³/mol. The number of nitrogen functional groups attached to an aromatic ring is 1. The minimum atomic E-state index is -4.34. The van der Waals surface area contributed by atoms with Gasteiger partial charge in [-0.3, -0.25) is 4.72 Å². The normalized spacial score (nSPS) is 11.2. The van der Waals surface area contributed by atoms with Crippen LogP contribution in [-0.4, -0.2) is 13.4 Å². The van der Waals surface area contributed by atoms with Crippen molar-refractivity contribution in [2.45, 2.75) is 4.90 Å². The number of sulfonamides is 1. The molecule has 21 heavy (non-hydrogen) atoms. The number of anilines is 2. The highest BCUT2D eigenvalue weighted by Crippen LogP contribution is 2.24. The highest BCUT2D eigenvalue weighted by atomic mass is 32.2. The number of nitrogens with zero attached hydrogens (tertiary/aromatic N) is 1. The van der Waals surface area contributed by atoms with Crippen molar-refractivity contribution in [2.75, 3.05) is 10.1 Å². The maximum atomic E-state index is 13.5. The Kier molecular flexibility index (Phi) is 4.00. The molecule has 4 N–H and O–H groups in total. The molecule has 10 heteroatoms. The highest BCUT2D eigenvalue weighted by molar-refractivity contribution is 7.92. The molecule has 0 aliphatic rings. The Morgan fingerprint density at radius 2 is 1.90 bits per heavy atom. The lowest BCUT2D eigenvalue weighted by Crippen LogP contribution is -2.19. The molecule has 0 atom stereocenters. The molecule has 0 spiro atoms. The molecule has 0 saturated carbocycles. The third kappa shape index (κ3) is 3.06. The van der Waals surface area contributed by atoms with Crippen molar-refractivity contribution in [1.82, 2.24) is 4.98 Å². The summed E-state index contributed by atoms with van der Waals surface area (Å²) in [6.07, 6.45) is 1.27. The van der Waals surface area contributed by atoms with Gasteiger partial charge in [-0.1, -0.05) is 0 Å². The second kappa shape index (κ2) is 5.58. The molecule has 0 aliphatic heterocycles. The molecule has 0 amide bonds. The van der Waals surface area contributed by atoms with Crippen LogP contribution in [0.25, 0.3) is 0 Å². The van der Waals surface area contributed by atoms with E-state index in [0.29, 0.717) is 12.1 Å². The standard InChI is InChI=1S/C11H9F3N4O2S/c12-6-4-7(13)10(14)8(5-6)18-21(19,20)9-2-1-3-16-11(9)17-15/h1-5,18H,15H2,(H,16,17). The van der Waals surface area contributed by atoms with Crippen molar-refractivity contribution in [2.24, 2.45) is 5.84 Å². The van der Waals surface area contributed by atoms with Gasteiger partial charge in [0.15, 0.2) is 17.5 Å². The Balaban J connectivity index is 2.47. The van der Waals surface area contributed by atoms with E-state index in [4.69, 9.17) is 5.84 Å². The summed E-state index contributed by atoms with van der Waals surface area (Å²) in [6, 6.07) is 3.25. The van der Waals surface area contributed by atoms with E-state index in [1.165, 1.54) is 12.3 Å². The van der Waals surface area contributed by atoms with Crippen molar-refractivity contribution in [3.63, 3.8) is 0 Å². The summed E-state index contributed by atoms with van der Waals surface area (Å²) in [6.45, 7) is 0. The van der Waals surface area contributed by atoms with Crippen LogP contribution in [0.3, 0.4) is 0 Å². The summed E-state index contributed by atoms with van der Waals surface area (Å²) in [7, 11) is -4.34. The molecule has 6 nitrogen and oxygen atoms in total. The van der Waals surface area contributed by atoms with Crippen LogP contribution in [0.5, 0.6) is 0 Å². The lowest BCUT2D eigenvalue weighted by atomic mass is 10.3. The van der Waals surface area contributed by atoms with Gasteiger partial charge in [-0.05, 0) is 12.1 Å². The van der Waals surface area contributed by atoms with E-state index < -0.39 is 38.1 Å². The fourth-order valence-corrected chi connectivity index (χ4v) is 2.72. The second-order valence-corrected chi connectivity index (χ2v) is 5.50. The zero-order valence-corrected chi connectivity index (χ0v) is 11.1. The average molecular weight is 318 g/mol. The second-order valence-electron chi connectivity index (χ2n) is 3.85. The maximum Gasteiger partial charge on any atom is 0.265 e. The number of hydrazine groups is 1. The van der Waals surface area contributed by atoms with Crippen LogP contribution in [0.2, 0.25) is 0 Å². The zero-order valence-electron chi connectivity index (χ0n) is 10.3. The van der Waals surface area contributed by atoms with Gasteiger partial charge < -0.3 is 5.43 Å². The summed E-state index contributed by atoms with van der Waals surface area (Å²) in [5, 5.41) is 0. The Hall–Kier alpha value is -2.33. The van der Waals surface area contributed by atoms with Gasteiger partial charge in [0.05, 0.1) is 5.69 Å². The van der Waals surface area contributed by atoms with Crippen molar-refractivity contribution in [1.29, 1.82) is 0 Å². The molecule has 112 valence electrons. The number of hydrogen-bond acceptors (Lipinski definition) is 5. The lowest BCUT2D eigenvalue weighted by molar-refractivity contribution is 0.498. The SMILES string of the molecule is NNc1ncccc1S(=O)(=O)Nc1cc(F)cc(F)c1F. The number of benzene rings is 1. The molecule has 0 bridgehead atoms. The monoisotopic (exact) mass is 318 g/mol. The molecule has 1 heterocycles. The first-order chi connectivity index (χ1) is 9.85. The summed E-state index contributed by atoms with van der Waals surface area (Å²) in [5.41, 5.74) is 1.19. The fraction of sp³-hybridized carbons (Fsp3) is 0.